The van der Waals surface area contributed by atoms with Gasteiger partial charge in [-0.15, -0.1) is 0 Å². The van der Waals surface area contributed by atoms with E-state index in [-0.39, 0.29) is 12.2 Å². The number of para-hydroxylation sites is 2. The van der Waals surface area contributed by atoms with Crippen LogP contribution in [0.3, 0.4) is 0 Å². The number of Topliss-reactive ketones (excluding diaryl/α,β-unsaturated/α-hetero) is 1. The van der Waals surface area contributed by atoms with Crippen LogP contribution in [0.5, 0.6) is 0 Å². The molecule has 2 aromatic carbocycles. The van der Waals surface area contributed by atoms with Crippen LogP contribution in [-0.4, -0.2) is 16.8 Å². The third-order valence-corrected chi connectivity index (χ3v) is 4.11. The molecule has 0 spiro atoms. The van der Waals surface area contributed by atoms with Crippen LogP contribution in [0.1, 0.15) is 22.5 Å². The van der Waals surface area contributed by atoms with Gasteiger partial charge in [0, 0.05) is 16.6 Å². The number of aliphatic hydroxyl groups is 1. The predicted octanol–water partition coefficient (Wildman–Crippen LogP) is 2.85. The van der Waals surface area contributed by atoms with Crippen molar-refractivity contribution in [3.8, 4) is 0 Å². The molecule has 0 saturated carbocycles. The molecule has 4 rings (SSSR count). The lowest BCUT2D eigenvalue weighted by molar-refractivity contribution is -0.133. The average Bonchev–Trinajstić information content (AvgIpc) is 3.08. The highest BCUT2D eigenvalue weighted by atomic mass is 16.3. The van der Waals surface area contributed by atoms with Gasteiger partial charge in [0.15, 0.2) is 11.4 Å². The Morgan fingerprint density at radius 2 is 1.87 bits per heavy atom. The first-order valence-corrected chi connectivity index (χ1v) is 7.23. The molecule has 3 aromatic rings. The molecular formula is C18H13NO4. The van der Waals surface area contributed by atoms with Crippen LogP contribution in [0.4, 0.5) is 5.69 Å². The maximum absolute atomic E-state index is 12.5. The summed E-state index contributed by atoms with van der Waals surface area (Å²) in [5, 5.41) is 14.1. The number of fused-ring (bicyclic) bond motifs is 2. The minimum atomic E-state index is -1.87. The number of benzene rings is 2. The summed E-state index contributed by atoms with van der Waals surface area (Å²) in [6.45, 7) is 0. The molecule has 0 saturated heterocycles. The normalized spacial score (nSPS) is 19.6. The molecule has 1 aliphatic rings. The number of anilines is 1. The summed E-state index contributed by atoms with van der Waals surface area (Å²) in [7, 11) is 0. The van der Waals surface area contributed by atoms with Gasteiger partial charge >= 0.3 is 0 Å². The van der Waals surface area contributed by atoms with Crippen molar-refractivity contribution < 1.29 is 19.1 Å². The van der Waals surface area contributed by atoms with Gasteiger partial charge in [-0.3, -0.25) is 9.59 Å². The third kappa shape index (κ3) is 2.05. The van der Waals surface area contributed by atoms with Gasteiger partial charge < -0.3 is 14.8 Å². The van der Waals surface area contributed by atoms with Crippen molar-refractivity contribution in [2.75, 3.05) is 5.32 Å². The van der Waals surface area contributed by atoms with Crippen LogP contribution in [0.25, 0.3) is 11.0 Å². The second kappa shape index (κ2) is 4.79. The van der Waals surface area contributed by atoms with Crippen LogP contribution >= 0.6 is 0 Å². The van der Waals surface area contributed by atoms with Crippen LogP contribution < -0.4 is 5.32 Å². The summed E-state index contributed by atoms with van der Waals surface area (Å²) >= 11 is 0. The Balaban J connectivity index is 1.69. The van der Waals surface area contributed by atoms with E-state index in [4.69, 9.17) is 4.42 Å². The van der Waals surface area contributed by atoms with Crippen molar-refractivity contribution in [1.82, 2.24) is 0 Å². The van der Waals surface area contributed by atoms with Crippen molar-refractivity contribution in [2.24, 2.45) is 0 Å². The Labute approximate surface area is 131 Å². The maximum atomic E-state index is 12.5. The van der Waals surface area contributed by atoms with E-state index < -0.39 is 17.3 Å². The Kier molecular flexibility index (Phi) is 2.86. The largest absolute Gasteiger partial charge is 0.453 e. The predicted molar refractivity (Wildman–Crippen MR) is 84.1 cm³/mol. The van der Waals surface area contributed by atoms with Crippen LogP contribution in [0.2, 0.25) is 0 Å². The summed E-state index contributed by atoms with van der Waals surface area (Å²) in [5.74, 6) is -0.879. The summed E-state index contributed by atoms with van der Waals surface area (Å²) < 4.78 is 5.52. The van der Waals surface area contributed by atoms with Crippen molar-refractivity contribution >= 4 is 28.3 Å². The Hall–Kier alpha value is -2.92. The Morgan fingerprint density at radius 3 is 2.70 bits per heavy atom. The van der Waals surface area contributed by atoms with Gasteiger partial charge in [0.05, 0.1) is 6.42 Å². The lowest BCUT2D eigenvalue weighted by Crippen LogP contribution is -2.36. The fourth-order valence-electron chi connectivity index (χ4n) is 2.92. The van der Waals surface area contributed by atoms with E-state index in [0.29, 0.717) is 16.8 Å². The SMILES string of the molecule is O=C(CC1(O)C(=O)Nc2ccccc21)c1cc2ccccc2o1. The molecule has 0 radical (unpaired) electrons. The first-order chi connectivity index (χ1) is 11.1. The molecule has 5 nitrogen and oxygen atoms in total. The molecule has 2 heterocycles. The second-order valence-electron chi connectivity index (χ2n) is 5.61. The summed E-state index contributed by atoms with van der Waals surface area (Å²) in [6, 6.07) is 15.7. The first-order valence-electron chi connectivity index (χ1n) is 7.23. The highest BCUT2D eigenvalue weighted by molar-refractivity contribution is 6.09. The molecule has 1 atom stereocenters. The second-order valence-corrected chi connectivity index (χ2v) is 5.61. The van der Waals surface area contributed by atoms with Gasteiger partial charge in [0.25, 0.3) is 5.91 Å². The van der Waals surface area contributed by atoms with E-state index in [1.54, 1.807) is 36.4 Å². The number of rotatable bonds is 3. The molecule has 0 fully saturated rings. The molecule has 1 unspecified atom stereocenters. The number of amides is 1. The van der Waals surface area contributed by atoms with E-state index >= 15 is 0 Å². The number of nitrogens with one attached hydrogen (secondary N) is 1. The summed E-state index contributed by atoms with van der Waals surface area (Å²) in [6.07, 6.45) is -0.365. The smallest absolute Gasteiger partial charge is 0.261 e. The molecule has 114 valence electrons. The third-order valence-electron chi connectivity index (χ3n) is 4.11. The number of furan rings is 1. The van der Waals surface area contributed by atoms with Gasteiger partial charge in [0.1, 0.15) is 5.58 Å². The van der Waals surface area contributed by atoms with Crippen LogP contribution in [0.15, 0.2) is 59.0 Å². The van der Waals surface area contributed by atoms with Crippen molar-refractivity contribution in [1.29, 1.82) is 0 Å². The fourth-order valence-corrected chi connectivity index (χ4v) is 2.92. The maximum Gasteiger partial charge on any atom is 0.261 e. The molecule has 5 heteroatoms. The molecule has 0 bridgehead atoms. The number of hydrogen-bond acceptors (Lipinski definition) is 4. The molecule has 1 amide bonds. The van der Waals surface area contributed by atoms with E-state index in [9.17, 15) is 14.7 Å². The van der Waals surface area contributed by atoms with Gasteiger partial charge in [-0.1, -0.05) is 36.4 Å². The first kappa shape index (κ1) is 13.7. The standard InChI is InChI=1S/C18H13NO4/c20-14(16-9-11-5-1-4-8-15(11)23-16)10-18(22)12-6-2-3-7-13(12)19-17(18)21/h1-9,22H,10H2,(H,19,21). The molecule has 23 heavy (non-hydrogen) atoms. The molecule has 1 aromatic heterocycles. The van der Waals surface area contributed by atoms with Crippen molar-refractivity contribution in [3.05, 3.63) is 65.9 Å². The number of carbonyl (C=O) groups excluding carboxylic acids is 2. The molecule has 1 aliphatic heterocycles. The minimum Gasteiger partial charge on any atom is -0.453 e. The monoisotopic (exact) mass is 307 g/mol. The highest BCUT2D eigenvalue weighted by Crippen LogP contribution is 2.39. The zero-order chi connectivity index (χ0) is 16.0. The number of ketones is 1. The number of hydrogen-bond donors (Lipinski definition) is 2. The van der Waals surface area contributed by atoms with Gasteiger partial charge in [-0.25, -0.2) is 0 Å². The summed E-state index contributed by atoms with van der Waals surface area (Å²) in [5.41, 5.74) is -0.335. The number of carbonyl (C=O) groups is 2. The highest BCUT2D eigenvalue weighted by Gasteiger charge is 2.47. The molecule has 0 aliphatic carbocycles. The van der Waals surface area contributed by atoms with E-state index in [1.165, 1.54) is 0 Å². The molecular weight excluding hydrogens is 294 g/mol. The lowest BCUT2D eigenvalue weighted by atomic mass is 9.89. The minimum absolute atomic E-state index is 0.136. The topological polar surface area (TPSA) is 79.5 Å². The van der Waals surface area contributed by atoms with E-state index in [1.807, 2.05) is 18.2 Å². The lowest BCUT2D eigenvalue weighted by Gasteiger charge is -2.19. The van der Waals surface area contributed by atoms with Crippen molar-refractivity contribution in [3.63, 3.8) is 0 Å². The van der Waals surface area contributed by atoms with E-state index in [2.05, 4.69) is 5.32 Å². The van der Waals surface area contributed by atoms with Gasteiger partial charge in [-0.05, 0) is 18.2 Å². The Bertz CT molecular complexity index is 910. The van der Waals surface area contributed by atoms with Crippen LogP contribution in [0, 0.1) is 0 Å². The van der Waals surface area contributed by atoms with Crippen molar-refractivity contribution in [2.45, 2.75) is 12.0 Å². The Morgan fingerprint density at radius 1 is 1.13 bits per heavy atom. The summed E-state index contributed by atoms with van der Waals surface area (Å²) in [4.78, 5) is 24.6. The van der Waals surface area contributed by atoms with Gasteiger partial charge in [-0.2, -0.15) is 0 Å². The fraction of sp³-hybridized carbons (Fsp3) is 0.111. The van der Waals surface area contributed by atoms with Crippen LogP contribution in [-0.2, 0) is 10.4 Å². The molecule has 2 N–H and O–H groups in total. The van der Waals surface area contributed by atoms with E-state index in [0.717, 1.165) is 5.39 Å². The average molecular weight is 307 g/mol. The quantitative estimate of drug-likeness (QED) is 0.729. The zero-order valence-corrected chi connectivity index (χ0v) is 12.1. The zero-order valence-electron chi connectivity index (χ0n) is 12.1. The van der Waals surface area contributed by atoms with Gasteiger partial charge in [0.2, 0.25) is 5.78 Å².